The molecule has 0 aromatic carbocycles. The van der Waals surface area contributed by atoms with E-state index in [9.17, 15) is 24.0 Å². The van der Waals surface area contributed by atoms with Crippen molar-refractivity contribution in [2.24, 2.45) is 22.7 Å². The number of Topliss-reactive ketones (excluding diaryl/α,β-unsaturated/α-hetero) is 1. The Labute approximate surface area is 251 Å². The second kappa shape index (κ2) is 17.5. The van der Waals surface area contributed by atoms with Gasteiger partial charge in [0.1, 0.15) is 37.6 Å². The second-order valence-electron chi connectivity index (χ2n) is 10.4. The molecule has 0 amide bonds. The van der Waals surface area contributed by atoms with Gasteiger partial charge in [0, 0.05) is 17.6 Å². The Bertz CT molecular complexity index is 840. The average Bonchev–Trinajstić information content (AvgIpc) is 2.89. The lowest BCUT2D eigenvalue weighted by atomic mass is 9.65. The van der Waals surface area contributed by atoms with Crippen molar-refractivity contribution in [1.82, 2.24) is 0 Å². The summed E-state index contributed by atoms with van der Waals surface area (Å²) >= 11 is 12.9. The van der Waals surface area contributed by atoms with E-state index in [4.69, 9.17) is 18.9 Å². The lowest BCUT2D eigenvalue weighted by molar-refractivity contribution is -0.167. The van der Waals surface area contributed by atoms with Crippen LogP contribution in [0.15, 0.2) is 12.2 Å². The summed E-state index contributed by atoms with van der Waals surface area (Å²) in [7, 11) is 0. The lowest BCUT2D eigenvalue weighted by Gasteiger charge is -2.39. The van der Waals surface area contributed by atoms with E-state index in [0.29, 0.717) is 6.42 Å². The van der Waals surface area contributed by atoms with Crippen molar-refractivity contribution < 1.29 is 42.9 Å². The summed E-state index contributed by atoms with van der Waals surface area (Å²) in [6.45, 7) is 6.71. The van der Waals surface area contributed by atoms with Gasteiger partial charge in [-0.3, -0.25) is 24.0 Å². The van der Waals surface area contributed by atoms with Crippen molar-refractivity contribution in [2.45, 2.75) is 45.8 Å². The number of rotatable bonds is 17. The molecule has 3 unspecified atom stereocenters. The van der Waals surface area contributed by atoms with Crippen LogP contribution in [0.3, 0.4) is 0 Å². The predicted octanol–water partition coefficient (Wildman–Crippen LogP) is 3.25. The first-order valence-electron chi connectivity index (χ1n) is 12.5. The Kier molecular flexibility index (Phi) is 16.0. The fraction of sp³-hybridized carbons (Fsp3) is 0.731. The number of thioether (sulfide) groups is 1. The number of ketones is 1. The molecule has 0 saturated heterocycles. The van der Waals surface area contributed by atoms with Crippen LogP contribution in [-0.4, -0.2) is 84.3 Å². The summed E-state index contributed by atoms with van der Waals surface area (Å²) in [5, 5.41) is -0.118. The zero-order chi connectivity index (χ0) is 29.6. The Morgan fingerprint density at radius 1 is 0.872 bits per heavy atom. The fourth-order valence-electron chi connectivity index (χ4n) is 4.31. The molecule has 0 radical (unpaired) electrons. The van der Waals surface area contributed by atoms with Crippen molar-refractivity contribution in [3.05, 3.63) is 12.2 Å². The molecule has 9 nitrogen and oxygen atoms in total. The van der Waals surface area contributed by atoms with Crippen LogP contribution in [0.1, 0.15) is 40.5 Å². The summed E-state index contributed by atoms with van der Waals surface area (Å²) in [5.41, 5.74) is -1.48. The number of hydrogen-bond donors (Lipinski definition) is 3. The molecule has 13 heteroatoms. The maximum Gasteiger partial charge on any atom is 0.315 e. The molecular weight excluding hydrogens is 585 g/mol. The number of carbonyl (C=O) groups is 5. The van der Waals surface area contributed by atoms with Gasteiger partial charge in [-0.2, -0.15) is 37.9 Å². The van der Waals surface area contributed by atoms with Gasteiger partial charge in [-0.25, -0.2) is 0 Å². The number of thiol groups is 3. The van der Waals surface area contributed by atoms with E-state index < -0.39 is 29.3 Å². The van der Waals surface area contributed by atoms with Crippen LogP contribution in [0.2, 0.25) is 0 Å². The molecule has 0 fully saturated rings. The highest BCUT2D eigenvalue weighted by Gasteiger charge is 2.40. The minimum absolute atomic E-state index is 0.0304. The van der Waals surface area contributed by atoms with E-state index in [-0.39, 0.29) is 77.7 Å². The second-order valence-corrected chi connectivity index (χ2v) is 12.7. The monoisotopic (exact) mass is 624 g/mol. The van der Waals surface area contributed by atoms with E-state index in [1.165, 1.54) is 11.8 Å². The Morgan fingerprint density at radius 2 is 1.31 bits per heavy atom. The molecule has 0 bridgehead atoms. The zero-order valence-corrected chi connectivity index (χ0v) is 26.4. The smallest absolute Gasteiger partial charge is 0.315 e. The van der Waals surface area contributed by atoms with Crippen molar-refractivity contribution in [3.63, 3.8) is 0 Å². The van der Waals surface area contributed by atoms with Gasteiger partial charge < -0.3 is 18.9 Å². The normalized spacial score (nSPS) is 19.1. The molecule has 0 aliphatic heterocycles. The predicted molar refractivity (Wildman–Crippen MR) is 160 cm³/mol. The molecule has 0 N–H and O–H groups in total. The molecular formula is C26H40O9S4. The van der Waals surface area contributed by atoms with Crippen LogP contribution >= 0.6 is 49.6 Å². The maximum atomic E-state index is 13.1. The van der Waals surface area contributed by atoms with Crippen LogP contribution < -0.4 is 0 Å². The van der Waals surface area contributed by atoms with E-state index in [2.05, 4.69) is 70.8 Å². The summed E-state index contributed by atoms with van der Waals surface area (Å²) in [5.74, 6) is -2.96. The van der Waals surface area contributed by atoms with Gasteiger partial charge in [0.15, 0.2) is 0 Å². The van der Waals surface area contributed by atoms with Crippen molar-refractivity contribution in [3.8, 4) is 0 Å². The first-order chi connectivity index (χ1) is 18.3. The minimum Gasteiger partial charge on any atom is -0.464 e. The molecule has 1 aliphatic rings. The highest BCUT2D eigenvalue weighted by molar-refractivity contribution is 8.00. The third-order valence-electron chi connectivity index (χ3n) is 6.32. The molecule has 0 heterocycles. The van der Waals surface area contributed by atoms with E-state index in [1.807, 2.05) is 6.92 Å². The van der Waals surface area contributed by atoms with Gasteiger partial charge in [-0.1, -0.05) is 39.8 Å². The molecule has 0 aromatic heterocycles. The standard InChI is InChI=1S/C26H40O9S4/c1-17-6-5-7-25(3,4)24(17)19(27)8-18(2)39-12-23(31)35-16-26(13-32-20(28)9-36,14-33-21(29)10-37)15-34-22(30)11-38/h5-6,17-18,24,36-38H,7-16H2,1-4H3. The Hall–Kier alpha value is -1.31. The Balaban J connectivity index is 2.80. The van der Waals surface area contributed by atoms with Crippen LogP contribution in [-0.2, 0) is 42.9 Å². The first kappa shape index (κ1) is 35.7. The number of esters is 4. The summed E-state index contributed by atoms with van der Waals surface area (Å²) in [4.78, 5) is 60.9. The van der Waals surface area contributed by atoms with Gasteiger partial charge in [0.25, 0.3) is 0 Å². The van der Waals surface area contributed by atoms with E-state index in [1.54, 1.807) is 0 Å². The number of hydrogen-bond acceptors (Lipinski definition) is 13. The van der Waals surface area contributed by atoms with Gasteiger partial charge >= 0.3 is 23.9 Å². The Morgan fingerprint density at radius 3 is 1.72 bits per heavy atom. The summed E-state index contributed by atoms with van der Waals surface area (Å²) in [6.07, 6.45) is 5.39. The zero-order valence-electron chi connectivity index (χ0n) is 22.9. The molecule has 1 rings (SSSR count). The van der Waals surface area contributed by atoms with E-state index in [0.717, 1.165) is 6.42 Å². The van der Waals surface area contributed by atoms with Gasteiger partial charge in [0.2, 0.25) is 0 Å². The number of carbonyl (C=O) groups excluding carboxylic acids is 5. The van der Waals surface area contributed by atoms with Crippen LogP contribution in [0.25, 0.3) is 0 Å². The third kappa shape index (κ3) is 12.8. The molecule has 1 aliphatic carbocycles. The molecule has 3 atom stereocenters. The van der Waals surface area contributed by atoms with Crippen molar-refractivity contribution in [2.75, 3.05) is 49.4 Å². The molecule has 222 valence electrons. The molecule has 39 heavy (non-hydrogen) atoms. The SMILES string of the molecule is CC(CC(=O)C1C(C)C=CCC1(C)C)SCC(=O)OCC(COC(=O)CS)(COC(=O)CS)COC(=O)CS. The van der Waals surface area contributed by atoms with Gasteiger partial charge in [-0.05, 0) is 17.8 Å². The van der Waals surface area contributed by atoms with Gasteiger partial charge in [-0.15, -0.1) is 11.8 Å². The van der Waals surface area contributed by atoms with Gasteiger partial charge in [0.05, 0.1) is 23.0 Å². The third-order valence-corrected chi connectivity index (χ3v) is 8.23. The summed E-state index contributed by atoms with van der Waals surface area (Å²) < 4.78 is 21.0. The fourth-order valence-corrected chi connectivity index (χ4v) is 5.37. The van der Waals surface area contributed by atoms with Crippen LogP contribution in [0.4, 0.5) is 0 Å². The number of allylic oxidation sites excluding steroid dienone is 2. The summed E-state index contributed by atoms with van der Waals surface area (Å²) in [6, 6.07) is 0. The quantitative estimate of drug-likeness (QED) is 0.0962. The lowest BCUT2D eigenvalue weighted by Crippen LogP contribution is -2.44. The minimum atomic E-state index is -1.35. The molecule has 0 saturated carbocycles. The van der Waals surface area contributed by atoms with E-state index >= 15 is 0 Å². The maximum absolute atomic E-state index is 13.1. The van der Waals surface area contributed by atoms with Crippen LogP contribution in [0.5, 0.6) is 0 Å². The van der Waals surface area contributed by atoms with Crippen molar-refractivity contribution in [1.29, 1.82) is 0 Å². The topological polar surface area (TPSA) is 122 Å². The highest BCUT2D eigenvalue weighted by atomic mass is 32.2. The largest absolute Gasteiger partial charge is 0.464 e. The molecule has 0 spiro atoms. The van der Waals surface area contributed by atoms with Crippen LogP contribution in [0, 0.1) is 22.7 Å². The first-order valence-corrected chi connectivity index (χ1v) is 15.5. The van der Waals surface area contributed by atoms with Crippen molar-refractivity contribution >= 4 is 79.3 Å². The average molecular weight is 625 g/mol. The number of ether oxygens (including phenoxy) is 4. The molecule has 0 aromatic rings. The highest BCUT2D eigenvalue weighted by Crippen LogP contribution is 2.42.